The van der Waals surface area contributed by atoms with Crippen molar-refractivity contribution in [3.05, 3.63) is 118 Å². The van der Waals surface area contributed by atoms with E-state index in [1.54, 1.807) is 53.5 Å². The number of hydrogen-bond donors (Lipinski definition) is 3. The number of para-hydroxylation sites is 1. The molecule has 3 N–H and O–H groups in total. The number of amides is 1. The first-order chi connectivity index (χ1) is 19.3. The van der Waals surface area contributed by atoms with Gasteiger partial charge in [0.2, 0.25) is 5.91 Å². The Balaban J connectivity index is 1.41. The number of carboxylic acids is 1. The van der Waals surface area contributed by atoms with Gasteiger partial charge in [0.25, 0.3) is 5.69 Å². The number of nitro benzene ring substituents is 1. The predicted octanol–water partition coefficient (Wildman–Crippen LogP) is 5.41. The number of rotatable bonds is 9. The van der Waals surface area contributed by atoms with E-state index in [9.17, 15) is 24.8 Å². The number of nitrogens with zero attached hydrogens (tertiary/aromatic N) is 3. The van der Waals surface area contributed by atoms with Crippen LogP contribution in [0.25, 0.3) is 33.9 Å². The summed E-state index contributed by atoms with van der Waals surface area (Å²) in [5, 5.41) is 29.4. The van der Waals surface area contributed by atoms with Crippen molar-refractivity contribution in [1.82, 2.24) is 20.1 Å². The summed E-state index contributed by atoms with van der Waals surface area (Å²) in [6.45, 7) is 0. The number of halogens is 1. The van der Waals surface area contributed by atoms with Crippen molar-refractivity contribution in [3.8, 4) is 16.9 Å². The van der Waals surface area contributed by atoms with Gasteiger partial charge in [-0.15, -0.1) is 0 Å². The van der Waals surface area contributed by atoms with Crippen molar-refractivity contribution in [2.45, 2.75) is 12.5 Å². The zero-order chi connectivity index (χ0) is 28.2. The van der Waals surface area contributed by atoms with Crippen LogP contribution in [0.1, 0.15) is 11.1 Å². The van der Waals surface area contributed by atoms with Crippen LogP contribution in [-0.2, 0) is 16.0 Å². The fraction of sp³-hybridized carbons (Fsp3) is 0.0690. The molecular formula is C29H22ClN5O5. The van der Waals surface area contributed by atoms with Crippen LogP contribution in [0.5, 0.6) is 0 Å². The van der Waals surface area contributed by atoms with E-state index in [0.717, 1.165) is 16.5 Å². The first-order valence-corrected chi connectivity index (χ1v) is 12.5. The van der Waals surface area contributed by atoms with Crippen molar-refractivity contribution in [3.63, 3.8) is 0 Å². The lowest BCUT2D eigenvalue weighted by molar-refractivity contribution is -0.384. The molecule has 0 saturated heterocycles. The highest BCUT2D eigenvalue weighted by molar-refractivity contribution is 6.30. The Morgan fingerprint density at radius 1 is 1.12 bits per heavy atom. The van der Waals surface area contributed by atoms with E-state index in [1.807, 2.05) is 24.3 Å². The van der Waals surface area contributed by atoms with Crippen molar-refractivity contribution in [2.24, 2.45) is 0 Å². The SMILES string of the molecule is O=C(/C=C/c1cn(-c2cccc(Cl)c2)nc1-c1ccc([N+](=O)[O-])cc1)N[C@@H](Cc1c[nH]c2ccccc12)C(=O)O. The number of carboxylic acid groups (broad SMARTS) is 1. The van der Waals surface area contributed by atoms with Gasteiger partial charge in [0, 0.05) is 64.1 Å². The summed E-state index contributed by atoms with van der Waals surface area (Å²) in [5.41, 5.74) is 3.85. The maximum absolute atomic E-state index is 12.8. The Bertz CT molecular complexity index is 1760. The Hall–Kier alpha value is -5.22. The molecule has 0 spiro atoms. The van der Waals surface area contributed by atoms with E-state index in [1.165, 1.54) is 24.3 Å². The van der Waals surface area contributed by atoms with Gasteiger partial charge in [-0.25, -0.2) is 9.48 Å². The summed E-state index contributed by atoms with van der Waals surface area (Å²) >= 11 is 6.14. The highest BCUT2D eigenvalue weighted by Gasteiger charge is 2.21. The molecule has 0 fully saturated rings. The van der Waals surface area contributed by atoms with Crippen LogP contribution in [0.4, 0.5) is 5.69 Å². The second-order valence-corrected chi connectivity index (χ2v) is 9.39. The van der Waals surface area contributed by atoms with Gasteiger partial charge in [-0.3, -0.25) is 14.9 Å². The lowest BCUT2D eigenvalue weighted by Crippen LogP contribution is -2.41. The second-order valence-electron chi connectivity index (χ2n) is 8.96. The summed E-state index contributed by atoms with van der Waals surface area (Å²) in [7, 11) is 0. The summed E-state index contributed by atoms with van der Waals surface area (Å²) < 4.78 is 1.58. The average molecular weight is 556 g/mol. The molecule has 3 aromatic carbocycles. The van der Waals surface area contributed by atoms with Gasteiger partial charge >= 0.3 is 5.97 Å². The topological polar surface area (TPSA) is 143 Å². The van der Waals surface area contributed by atoms with Gasteiger partial charge in [-0.05, 0) is 48.0 Å². The molecule has 0 aliphatic rings. The molecule has 2 aromatic heterocycles. The molecule has 5 aromatic rings. The van der Waals surface area contributed by atoms with E-state index in [2.05, 4.69) is 15.4 Å². The van der Waals surface area contributed by atoms with Gasteiger partial charge in [-0.2, -0.15) is 5.10 Å². The number of fused-ring (bicyclic) bond motifs is 1. The third-order valence-electron chi connectivity index (χ3n) is 6.29. The molecule has 200 valence electrons. The van der Waals surface area contributed by atoms with Crippen molar-refractivity contribution in [1.29, 1.82) is 0 Å². The number of benzene rings is 3. The molecule has 2 heterocycles. The fourth-order valence-corrected chi connectivity index (χ4v) is 4.52. The van der Waals surface area contributed by atoms with Crippen LogP contribution < -0.4 is 5.32 Å². The maximum Gasteiger partial charge on any atom is 0.326 e. The Morgan fingerprint density at radius 2 is 1.90 bits per heavy atom. The summed E-state index contributed by atoms with van der Waals surface area (Å²) in [6, 6.07) is 19.3. The number of aromatic nitrogens is 3. The average Bonchev–Trinajstić information content (AvgIpc) is 3.56. The van der Waals surface area contributed by atoms with Gasteiger partial charge in [0.1, 0.15) is 6.04 Å². The zero-order valence-electron chi connectivity index (χ0n) is 20.8. The Kier molecular flexibility index (Phi) is 7.43. The normalized spacial score (nSPS) is 12.0. The van der Waals surface area contributed by atoms with Gasteiger partial charge in [0.05, 0.1) is 16.3 Å². The van der Waals surface area contributed by atoms with Crippen LogP contribution in [0.3, 0.4) is 0 Å². The van der Waals surface area contributed by atoms with Crippen molar-refractivity contribution >= 4 is 46.1 Å². The third-order valence-corrected chi connectivity index (χ3v) is 6.53. The molecule has 11 heteroatoms. The number of H-pyrrole nitrogens is 1. The third kappa shape index (κ3) is 5.77. The molecule has 0 radical (unpaired) electrons. The number of hydrogen-bond acceptors (Lipinski definition) is 5. The van der Waals surface area contributed by atoms with Crippen LogP contribution in [-0.4, -0.2) is 42.7 Å². The Morgan fingerprint density at radius 3 is 2.62 bits per heavy atom. The zero-order valence-corrected chi connectivity index (χ0v) is 21.6. The highest BCUT2D eigenvalue weighted by Crippen LogP contribution is 2.27. The number of nitro groups is 1. The lowest BCUT2D eigenvalue weighted by atomic mass is 10.0. The van der Waals surface area contributed by atoms with Crippen LogP contribution in [0.2, 0.25) is 5.02 Å². The highest BCUT2D eigenvalue weighted by atomic mass is 35.5. The van der Waals surface area contributed by atoms with Crippen LogP contribution in [0, 0.1) is 10.1 Å². The van der Waals surface area contributed by atoms with Crippen LogP contribution >= 0.6 is 11.6 Å². The Labute approximate surface area is 232 Å². The molecule has 0 aliphatic heterocycles. The number of carbonyl (C=O) groups is 2. The molecule has 10 nitrogen and oxygen atoms in total. The van der Waals surface area contributed by atoms with Gasteiger partial charge < -0.3 is 15.4 Å². The number of carbonyl (C=O) groups excluding carboxylic acids is 1. The smallest absolute Gasteiger partial charge is 0.326 e. The lowest BCUT2D eigenvalue weighted by Gasteiger charge is -2.12. The van der Waals surface area contributed by atoms with Gasteiger partial charge in [0.15, 0.2) is 0 Å². The van der Waals surface area contributed by atoms with E-state index in [-0.39, 0.29) is 12.1 Å². The number of aliphatic carboxylic acids is 1. The minimum Gasteiger partial charge on any atom is -0.480 e. The quantitative estimate of drug-likeness (QED) is 0.126. The molecular weight excluding hydrogens is 534 g/mol. The molecule has 40 heavy (non-hydrogen) atoms. The minimum atomic E-state index is -1.16. The number of aromatic amines is 1. The summed E-state index contributed by atoms with van der Waals surface area (Å²) in [5.74, 6) is -1.76. The molecule has 5 rings (SSSR count). The van der Waals surface area contributed by atoms with Crippen molar-refractivity contribution in [2.75, 3.05) is 0 Å². The van der Waals surface area contributed by atoms with Crippen LogP contribution in [0.15, 0.2) is 91.3 Å². The standard InChI is InChI=1S/C29H22ClN5O5/c30-21-4-3-5-23(15-21)34-17-19(28(33-34)18-8-11-22(12-9-18)35(39)40)10-13-27(36)32-26(29(37)38)14-20-16-31-25-7-2-1-6-24(20)25/h1-13,15-17,26,31H,14H2,(H,32,36)(H,37,38)/b13-10+/t26-/m0/s1. The number of non-ortho nitro benzene ring substituents is 1. The predicted molar refractivity (Wildman–Crippen MR) is 151 cm³/mol. The molecule has 0 bridgehead atoms. The minimum absolute atomic E-state index is 0.0654. The fourth-order valence-electron chi connectivity index (χ4n) is 4.33. The molecule has 1 atom stereocenters. The first kappa shape index (κ1) is 26.4. The van der Waals surface area contributed by atoms with Gasteiger partial charge in [-0.1, -0.05) is 35.9 Å². The second kappa shape index (κ2) is 11.3. The largest absolute Gasteiger partial charge is 0.480 e. The van der Waals surface area contributed by atoms with E-state index in [4.69, 9.17) is 11.6 Å². The maximum atomic E-state index is 12.8. The molecule has 0 unspecified atom stereocenters. The molecule has 1 amide bonds. The molecule has 0 saturated carbocycles. The first-order valence-electron chi connectivity index (χ1n) is 12.2. The number of nitrogens with one attached hydrogen (secondary N) is 2. The monoisotopic (exact) mass is 555 g/mol. The van der Waals surface area contributed by atoms with E-state index >= 15 is 0 Å². The van der Waals surface area contributed by atoms with E-state index < -0.39 is 22.8 Å². The molecule has 0 aliphatic carbocycles. The summed E-state index contributed by atoms with van der Waals surface area (Å²) in [6.07, 6.45) is 6.28. The summed E-state index contributed by atoms with van der Waals surface area (Å²) in [4.78, 5) is 38.5. The van der Waals surface area contributed by atoms with Crippen molar-refractivity contribution < 1.29 is 19.6 Å². The van der Waals surface area contributed by atoms with E-state index in [0.29, 0.717) is 27.5 Å².